The number of methoxy groups -OCH3 is 1. The molecule has 32 heavy (non-hydrogen) atoms. The fraction of sp³-hybridized carbons (Fsp3) is 0.130. The van der Waals surface area contributed by atoms with E-state index in [0.29, 0.717) is 40.3 Å². The number of hydrogen-bond acceptors (Lipinski definition) is 5. The van der Waals surface area contributed by atoms with Crippen LogP contribution >= 0.6 is 23.8 Å². The number of benzene rings is 3. The highest BCUT2D eigenvalue weighted by atomic mass is 35.5. The molecule has 0 amide bonds. The molecule has 9 heteroatoms. The molecule has 0 aliphatic carbocycles. The van der Waals surface area contributed by atoms with E-state index in [-0.39, 0.29) is 5.82 Å². The molecule has 1 aromatic heterocycles. The summed E-state index contributed by atoms with van der Waals surface area (Å²) in [6.07, 6.45) is 0. The van der Waals surface area contributed by atoms with Crippen LogP contribution in [0.3, 0.4) is 0 Å². The molecule has 0 aliphatic heterocycles. The van der Waals surface area contributed by atoms with Gasteiger partial charge >= 0.3 is 0 Å². The summed E-state index contributed by atoms with van der Waals surface area (Å²) in [4.78, 5) is 0. The van der Waals surface area contributed by atoms with Crippen molar-refractivity contribution in [2.75, 3.05) is 12.5 Å². The Kier molecular flexibility index (Phi) is 6.72. The molecule has 0 aliphatic rings. The lowest BCUT2D eigenvalue weighted by Crippen LogP contribution is -2.16. The number of hydrogen-bond donors (Lipinski definition) is 2. The summed E-state index contributed by atoms with van der Waals surface area (Å²) in [6.45, 7) is 0.668. The van der Waals surface area contributed by atoms with E-state index in [9.17, 15) is 4.39 Å². The topological polar surface area (TPSA) is 64.1 Å². The van der Waals surface area contributed by atoms with E-state index in [1.807, 2.05) is 30.3 Å². The van der Waals surface area contributed by atoms with Gasteiger partial charge in [-0.25, -0.2) is 14.2 Å². The molecule has 1 heterocycles. The third kappa shape index (κ3) is 4.92. The van der Waals surface area contributed by atoms with Crippen molar-refractivity contribution < 1.29 is 13.9 Å². The molecule has 0 fully saturated rings. The monoisotopic (exact) mass is 470 g/mol. The average molecular weight is 471 g/mol. The highest BCUT2D eigenvalue weighted by Gasteiger charge is 2.14. The van der Waals surface area contributed by atoms with Gasteiger partial charge in [0.1, 0.15) is 23.9 Å². The largest absolute Gasteiger partial charge is 0.496 e. The maximum absolute atomic E-state index is 13.1. The van der Waals surface area contributed by atoms with E-state index in [1.54, 1.807) is 36.1 Å². The predicted octanol–water partition coefficient (Wildman–Crippen LogP) is 5.73. The van der Waals surface area contributed by atoms with Gasteiger partial charge < -0.3 is 14.9 Å². The average Bonchev–Trinajstić information content (AvgIpc) is 3.18. The minimum absolute atomic E-state index is 0.284. The summed E-state index contributed by atoms with van der Waals surface area (Å²) in [7, 11) is 1.61. The van der Waals surface area contributed by atoms with Crippen LogP contribution in [0.2, 0.25) is 5.02 Å². The van der Waals surface area contributed by atoms with Gasteiger partial charge in [-0.2, -0.15) is 5.10 Å². The molecule has 164 valence electrons. The molecule has 0 unspecified atom stereocenters. The van der Waals surface area contributed by atoms with Crippen molar-refractivity contribution in [2.45, 2.75) is 13.2 Å². The van der Waals surface area contributed by atoms with Crippen molar-refractivity contribution >= 4 is 23.8 Å². The molecule has 2 N–H and O–H groups in total. The molecule has 0 saturated heterocycles. The molecule has 0 atom stereocenters. The van der Waals surface area contributed by atoms with Crippen molar-refractivity contribution in [3.63, 3.8) is 0 Å². The Labute approximate surface area is 194 Å². The summed E-state index contributed by atoms with van der Waals surface area (Å²) < 4.78 is 26.6. The van der Waals surface area contributed by atoms with Gasteiger partial charge in [-0.15, -0.1) is 0 Å². The second kappa shape index (κ2) is 9.84. The molecular formula is C23H20ClFN4O2S. The van der Waals surface area contributed by atoms with Crippen LogP contribution in [0.25, 0.3) is 11.4 Å². The van der Waals surface area contributed by atoms with Crippen LogP contribution in [-0.4, -0.2) is 22.0 Å². The molecule has 4 rings (SSSR count). The summed E-state index contributed by atoms with van der Waals surface area (Å²) in [5, 5.41) is 7.74. The van der Waals surface area contributed by atoms with Crippen molar-refractivity contribution in [1.29, 1.82) is 0 Å². The van der Waals surface area contributed by atoms with Crippen molar-refractivity contribution in [2.24, 2.45) is 0 Å². The Morgan fingerprint density at radius 3 is 2.66 bits per heavy atom. The number of aromatic nitrogens is 3. The van der Waals surface area contributed by atoms with Crippen molar-refractivity contribution in [1.82, 2.24) is 14.9 Å². The SMILES string of the molecule is COc1ccccc1-c1n[nH]c(=S)n1NCc1cc(Cl)ccc1OCc1ccc(F)cc1. The Morgan fingerprint density at radius 2 is 1.88 bits per heavy atom. The zero-order valence-electron chi connectivity index (χ0n) is 17.1. The van der Waals surface area contributed by atoms with Gasteiger partial charge in [-0.1, -0.05) is 35.9 Å². The van der Waals surface area contributed by atoms with E-state index >= 15 is 0 Å². The van der Waals surface area contributed by atoms with E-state index < -0.39 is 0 Å². The summed E-state index contributed by atoms with van der Waals surface area (Å²) in [5.41, 5.74) is 5.75. The standard InChI is InChI=1S/C23H20ClFN4O2S/c1-30-21-5-3-2-4-19(21)22-27-28-23(32)29(22)26-13-16-12-17(24)8-11-20(16)31-14-15-6-9-18(25)10-7-15/h2-12,26H,13-14H2,1H3,(H,28,32). The summed E-state index contributed by atoms with van der Waals surface area (Å²) >= 11 is 11.6. The van der Waals surface area contributed by atoms with Gasteiger partial charge in [-0.3, -0.25) is 0 Å². The molecule has 0 saturated carbocycles. The van der Waals surface area contributed by atoms with Gasteiger partial charge in [0.25, 0.3) is 0 Å². The lowest BCUT2D eigenvalue weighted by molar-refractivity contribution is 0.303. The predicted molar refractivity (Wildman–Crippen MR) is 125 cm³/mol. The fourth-order valence-corrected chi connectivity index (χ4v) is 3.58. The summed E-state index contributed by atoms with van der Waals surface area (Å²) in [5.74, 6) is 1.63. The number of H-pyrrole nitrogens is 1. The second-order valence-corrected chi connectivity index (χ2v) is 7.71. The third-order valence-corrected chi connectivity index (χ3v) is 5.29. The highest BCUT2D eigenvalue weighted by Crippen LogP contribution is 2.28. The van der Waals surface area contributed by atoms with Crippen LogP contribution in [-0.2, 0) is 13.2 Å². The first-order valence-electron chi connectivity index (χ1n) is 9.75. The first-order chi connectivity index (χ1) is 15.5. The van der Waals surface area contributed by atoms with Crippen LogP contribution in [0, 0.1) is 10.6 Å². The van der Waals surface area contributed by atoms with E-state index in [0.717, 1.165) is 16.7 Å². The molecule has 6 nitrogen and oxygen atoms in total. The normalized spacial score (nSPS) is 10.7. The third-order valence-electron chi connectivity index (χ3n) is 4.78. The van der Waals surface area contributed by atoms with Gasteiger partial charge in [0, 0.05) is 10.6 Å². The van der Waals surface area contributed by atoms with Gasteiger partial charge in [0.05, 0.1) is 19.2 Å². The maximum atomic E-state index is 13.1. The van der Waals surface area contributed by atoms with E-state index in [2.05, 4.69) is 15.6 Å². The Bertz CT molecular complexity index is 1270. The number of nitrogens with zero attached hydrogens (tertiary/aromatic N) is 2. The lowest BCUT2D eigenvalue weighted by atomic mass is 10.2. The van der Waals surface area contributed by atoms with E-state index in [4.69, 9.17) is 33.3 Å². The zero-order valence-corrected chi connectivity index (χ0v) is 18.7. The Hall–Kier alpha value is -3.36. The number of para-hydroxylation sites is 1. The summed E-state index contributed by atoms with van der Waals surface area (Å²) in [6, 6.07) is 19.1. The van der Waals surface area contributed by atoms with Gasteiger partial charge in [-0.05, 0) is 60.2 Å². The second-order valence-electron chi connectivity index (χ2n) is 6.89. The lowest BCUT2D eigenvalue weighted by Gasteiger charge is -2.15. The minimum Gasteiger partial charge on any atom is -0.496 e. The molecule has 0 spiro atoms. The van der Waals surface area contributed by atoms with Crippen molar-refractivity contribution in [3.05, 3.63) is 93.5 Å². The maximum Gasteiger partial charge on any atom is 0.214 e. The first-order valence-corrected chi connectivity index (χ1v) is 10.5. The van der Waals surface area contributed by atoms with Crippen LogP contribution in [0.1, 0.15) is 11.1 Å². The smallest absolute Gasteiger partial charge is 0.214 e. The number of aromatic amines is 1. The van der Waals surface area contributed by atoms with Gasteiger partial charge in [0.2, 0.25) is 4.77 Å². The Morgan fingerprint density at radius 1 is 1.09 bits per heavy atom. The van der Waals surface area contributed by atoms with Crippen LogP contribution in [0.4, 0.5) is 4.39 Å². The van der Waals surface area contributed by atoms with E-state index in [1.165, 1.54) is 12.1 Å². The molecule has 3 aromatic carbocycles. The highest BCUT2D eigenvalue weighted by molar-refractivity contribution is 7.71. The molecule has 0 radical (unpaired) electrons. The zero-order chi connectivity index (χ0) is 22.5. The number of nitrogens with one attached hydrogen (secondary N) is 2. The molecule has 0 bridgehead atoms. The van der Waals surface area contributed by atoms with Crippen LogP contribution in [0.15, 0.2) is 66.7 Å². The molecule has 4 aromatic rings. The fourth-order valence-electron chi connectivity index (χ4n) is 3.19. The van der Waals surface area contributed by atoms with Crippen LogP contribution < -0.4 is 14.9 Å². The minimum atomic E-state index is -0.284. The molecular weight excluding hydrogens is 451 g/mol. The van der Waals surface area contributed by atoms with Crippen LogP contribution in [0.5, 0.6) is 11.5 Å². The Balaban J connectivity index is 1.56. The number of halogens is 2. The first kappa shape index (κ1) is 21.9. The number of ether oxygens (including phenoxy) is 2. The quantitative estimate of drug-likeness (QED) is 0.322. The van der Waals surface area contributed by atoms with Gasteiger partial charge in [0.15, 0.2) is 5.82 Å². The van der Waals surface area contributed by atoms with Crippen molar-refractivity contribution in [3.8, 4) is 22.9 Å². The number of rotatable bonds is 8.